The molecule has 0 aromatic heterocycles. The summed E-state index contributed by atoms with van der Waals surface area (Å²) in [5.41, 5.74) is 2.71. The van der Waals surface area contributed by atoms with Crippen molar-refractivity contribution in [2.75, 3.05) is 6.61 Å². The molecule has 0 saturated heterocycles. The van der Waals surface area contributed by atoms with Crippen molar-refractivity contribution in [3.63, 3.8) is 0 Å². The Morgan fingerprint density at radius 3 is 2.10 bits per heavy atom. The summed E-state index contributed by atoms with van der Waals surface area (Å²) in [5.74, 6) is 0.922. The second-order valence-corrected chi connectivity index (χ2v) is 9.21. The number of fused-ring (bicyclic) bond motifs is 1. The normalized spacial score (nSPS) is 11.5. The minimum atomic E-state index is 0. The van der Waals surface area contributed by atoms with Crippen LogP contribution in [0.25, 0.3) is 10.8 Å². The topological polar surface area (TPSA) is 9.23 Å². The zero-order valence-electron chi connectivity index (χ0n) is 20.2. The van der Waals surface area contributed by atoms with E-state index < -0.39 is 0 Å². The van der Waals surface area contributed by atoms with E-state index >= 15 is 0 Å². The minimum Gasteiger partial charge on any atom is -0.489 e. The number of hydrogen-bond donors (Lipinski definition) is 0. The summed E-state index contributed by atoms with van der Waals surface area (Å²) < 4.78 is 5.84. The summed E-state index contributed by atoms with van der Waals surface area (Å²) in [4.78, 5) is 0. The molecular formula is C28H37OSiTi-. The maximum absolute atomic E-state index is 5.84. The molecule has 0 fully saturated rings. The average Bonchev–Trinajstić information content (AvgIpc) is 3.21. The van der Waals surface area contributed by atoms with E-state index in [0.717, 1.165) is 15.3 Å². The smallest absolute Gasteiger partial charge is 0.119 e. The molecule has 0 spiro atoms. The van der Waals surface area contributed by atoms with Crippen LogP contribution in [-0.4, -0.2) is 16.1 Å². The van der Waals surface area contributed by atoms with Gasteiger partial charge in [-0.05, 0) is 37.0 Å². The molecule has 0 unspecified atom stereocenters. The Kier molecular flexibility index (Phi) is 15.1. The summed E-state index contributed by atoms with van der Waals surface area (Å²) in [6, 6.07) is 24.6. The molecule has 3 aromatic carbocycles. The van der Waals surface area contributed by atoms with Crippen LogP contribution in [0.3, 0.4) is 0 Å². The molecule has 0 aliphatic heterocycles. The largest absolute Gasteiger partial charge is 0.489 e. The van der Waals surface area contributed by atoms with Gasteiger partial charge in [0.2, 0.25) is 0 Å². The van der Waals surface area contributed by atoms with Gasteiger partial charge in [-0.2, -0.15) is 17.5 Å². The number of para-hydroxylation sites is 1. The van der Waals surface area contributed by atoms with Crippen LogP contribution in [-0.2, 0) is 21.7 Å². The number of benzene rings is 2. The van der Waals surface area contributed by atoms with Gasteiger partial charge in [-0.15, -0.1) is 29.7 Å². The fourth-order valence-electron chi connectivity index (χ4n) is 2.58. The van der Waals surface area contributed by atoms with E-state index in [0.29, 0.717) is 6.61 Å². The number of hydrogen-bond acceptors (Lipinski definition) is 1. The first-order chi connectivity index (χ1) is 14.3. The van der Waals surface area contributed by atoms with Crippen molar-refractivity contribution in [1.82, 2.24) is 0 Å². The van der Waals surface area contributed by atoms with Crippen LogP contribution in [0.15, 0.2) is 96.1 Å². The van der Waals surface area contributed by atoms with Crippen molar-refractivity contribution < 1.29 is 26.5 Å². The third kappa shape index (κ3) is 12.0. The van der Waals surface area contributed by atoms with Crippen molar-refractivity contribution in [2.24, 2.45) is 5.41 Å². The quantitative estimate of drug-likeness (QED) is 0.214. The molecule has 2 radical (unpaired) electrons. The van der Waals surface area contributed by atoms with E-state index in [2.05, 4.69) is 102 Å². The molecule has 0 bridgehead atoms. The van der Waals surface area contributed by atoms with Crippen LogP contribution in [0.4, 0.5) is 0 Å². The van der Waals surface area contributed by atoms with Crippen LogP contribution >= 0.6 is 0 Å². The summed E-state index contributed by atoms with van der Waals surface area (Å²) in [6.45, 7) is 15.8. The molecule has 1 nitrogen and oxygen atoms in total. The van der Waals surface area contributed by atoms with Gasteiger partial charge in [0.15, 0.2) is 0 Å². The predicted molar refractivity (Wildman–Crippen MR) is 136 cm³/mol. The first-order valence-electron chi connectivity index (χ1n) is 10.5. The summed E-state index contributed by atoms with van der Waals surface area (Å²) in [5, 5.41) is 2.66. The van der Waals surface area contributed by atoms with Crippen LogP contribution in [0, 0.1) is 5.41 Å². The fourth-order valence-corrected chi connectivity index (χ4v) is 2.58. The maximum Gasteiger partial charge on any atom is 0.119 e. The SMILES string of the molecule is CC=C(C)C=C(COc1ccccc1)C(C)(C)C.C[Si]C.[Ti].c1ccc2[cH-]ccc2c1. The van der Waals surface area contributed by atoms with Gasteiger partial charge < -0.3 is 4.74 Å². The van der Waals surface area contributed by atoms with Crippen LogP contribution < -0.4 is 4.74 Å². The zero-order chi connectivity index (χ0) is 22.4. The minimum absolute atomic E-state index is 0. The van der Waals surface area contributed by atoms with Gasteiger partial charge in [-0.25, -0.2) is 0 Å². The van der Waals surface area contributed by atoms with E-state index in [9.17, 15) is 0 Å². The average molecular weight is 466 g/mol. The molecule has 0 heterocycles. The van der Waals surface area contributed by atoms with E-state index in [1.54, 1.807) is 0 Å². The number of rotatable bonds is 4. The Balaban J connectivity index is 0.000000573. The summed E-state index contributed by atoms with van der Waals surface area (Å²) in [6.07, 6.45) is 4.34. The van der Waals surface area contributed by atoms with Gasteiger partial charge in [-0.3, -0.25) is 0 Å². The molecular weight excluding hydrogens is 428 g/mol. The van der Waals surface area contributed by atoms with Crippen molar-refractivity contribution in [3.05, 3.63) is 96.1 Å². The molecule has 3 rings (SSSR count). The summed E-state index contributed by atoms with van der Waals surface area (Å²) in [7, 11) is 1.08. The van der Waals surface area contributed by atoms with E-state index in [1.165, 1.54) is 21.9 Å². The van der Waals surface area contributed by atoms with Crippen LogP contribution in [0.5, 0.6) is 5.75 Å². The van der Waals surface area contributed by atoms with Crippen molar-refractivity contribution >= 4 is 20.3 Å². The molecule has 0 saturated carbocycles. The second kappa shape index (κ2) is 16.0. The standard InChI is InChI=1S/C17H24O.C9H7.C2H6Si.Ti/c1-6-14(2)12-15(17(3,4)5)13-18-16-10-8-7-9-11-16;1-2-5-9-7-3-6-8(9)4-1;1-3-2;/h6-12H,13H2,1-5H3;1-7H;1-2H3;/q;-1;;. The Bertz CT molecular complexity index is 871. The fraction of sp³-hybridized carbons (Fsp3) is 0.321. The summed E-state index contributed by atoms with van der Waals surface area (Å²) >= 11 is 0. The van der Waals surface area contributed by atoms with Gasteiger partial charge in [0.25, 0.3) is 0 Å². The zero-order valence-corrected chi connectivity index (χ0v) is 22.8. The van der Waals surface area contributed by atoms with Gasteiger partial charge >= 0.3 is 0 Å². The van der Waals surface area contributed by atoms with E-state index in [4.69, 9.17) is 4.74 Å². The first-order valence-corrected chi connectivity index (χ1v) is 12.5. The van der Waals surface area contributed by atoms with E-state index in [1.807, 2.05) is 30.3 Å². The van der Waals surface area contributed by atoms with Crippen LogP contribution in [0.1, 0.15) is 34.6 Å². The third-order valence-corrected chi connectivity index (χ3v) is 4.51. The molecule has 3 aromatic rings. The second-order valence-electron chi connectivity index (χ2n) is 8.21. The number of ether oxygens (including phenoxy) is 1. The van der Waals surface area contributed by atoms with Gasteiger partial charge in [0, 0.05) is 31.2 Å². The molecule has 31 heavy (non-hydrogen) atoms. The predicted octanol–water partition coefficient (Wildman–Crippen LogP) is 8.35. The van der Waals surface area contributed by atoms with Gasteiger partial charge in [-0.1, -0.05) is 75.9 Å². The van der Waals surface area contributed by atoms with Gasteiger partial charge in [0.1, 0.15) is 12.4 Å². The molecule has 0 amide bonds. The van der Waals surface area contributed by atoms with E-state index in [-0.39, 0.29) is 27.1 Å². The Morgan fingerprint density at radius 2 is 1.55 bits per heavy atom. The van der Waals surface area contributed by atoms with Crippen molar-refractivity contribution in [3.8, 4) is 5.75 Å². The Labute approximate surface area is 207 Å². The van der Waals surface area contributed by atoms with Crippen LogP contribution in [0.2, 0.25) is 13.1 Å². The molecule has 0 aliphatic rings. The Hall–Kier alpha value is -1.74. The molecule has 0 aliphatic carbocycles. The van der Waals surface area contributed by atoms with Crippen molar-refractivity contribution in [2.45, 2.75) is 47.7 Å². The molecule has 164 valence electrons. The number of allylic oxidation sites excluding steroid dienone is 3. The monoisotopic (exact) mass is 465 g/mol. The maximum atomic E-state index is 5.84. The molecule has 3 heteroatoms. The first kappa shape index (κ1) is 29.3. The Morgan fingerprint density at radius 1 is 0.968 bits per heavy atom. The molecule has 0 atom stereocenters. The van der Waals surface area contributed by atoms with Gasteiger partial charge in [0.05, 0.1) is 0 Å². The van der Waals surface area contributed by atoms with Crippen molar-refractivity contribution in [1.29, 1.82) is 0 Å². The third-order valence-electron chi connectivity index (χ3n) is 4.51. The molecule has 0 N–H and O–H groups in total.